The van der Waals surface area contributed by atoms with Crippen LogP contribution in [0.1, 0.15) is 16.1 Å². The van der Waals surface area contributed by atoms with E-state index in [0.717, 1.165) is 22.6 Å². The number of thiazole rings is 1. The fourth-order valence-corrected chi connectivity index (χ4v) is 2.90. The number of hydrogen-bond acceptors (Lipinski definition) is 6. The van der Waals surface area contributed by atoms with Crippen LogP contribution in [0.2, 0.25) is 0 Å². The van der Waals surface area contributed by atoms with E-state index in [1.165, 1.54) is 11.3 Å². The molecule has 1 aromatic heterocycles. The first-order valence-electron chi connectivity index (χ1n) is 6.09. The average molecular weight is 294 g/mol. The molecule has 108 valence electrons. The number of ether oxygens (including phenoxy) is 3. The van der Waals surface area contributed by atoms with E-state index >= 15 is 0 Å². The molecule has 20 heavy (non-hydrogen) atoms. The highest BCUT2D eigenvalue weighted by atomic mass is 32.1. The summed E-state index contributed by atoms with van der Waals surface area (Å²) in [5.41, 5.74) is 7.75. The molecule has 2 rings (SSSR count). The van der Waals surface area contributed by atoms with Gasteiger partial charge in [-0.1, -0.05) is 0 Å². The van der Waals surface area contributed by atoms with Crippen LogP contribution >= 0.6 is 11.3 Å². The Morgan fingerprint density at radius 3 is 2.10 bits per heavy atom. The van der Waals surface area contributed by atoms with Crippen molar-refractivity contribution in [2.75, 3.05) is 27.1 Å². The summed E-state index contributed by atoms with van der Waals surface area (Å²) in [5.74, 6) is 1.90. The molecule has 2 N–H and O–H groups in total. The van der Waals surface area contributed by atoms with Gasteiger partial charge < -0.3 is 19.9 Å². The third kappa shape index (κ3) is 2.80. The van der Waals surface area contributed by atoms with Crippen molar-refractivity contribution in [1.29, 1.82) is 0 Å². The lowest BCUT2D eigenvalue weighted by Crippen LogP contribution is -1.97. The van der Waals surface area contributed by atoms with Crippen LogP contribution < -0.4 is 19.9 Å². The highest BCUT2D eigenvalue weighted by Gasteiger charge is 2.15. The van der Waals surface area contributed by atoms with E-state index < -0.39 is 0 Å². The number of rotatable bonds is 5. The molecule has 0 saturated carbocycles. The Morgan fingerprint density at radius 1 is 1.10 bits per heavy atom. The molecule has 1 heterocycles. The molecule has 5 nitrogen and oxygen atoms in total. The minimum Gasteiger partial charge on any atom is -0.493 e. The second-order valence-corrected chi connectivity index (χ2v) is 5.39. The highest BCUT2D eigenvalue weighted by Crippen LogP contribution is 2.39. The summed E-state index contributed by atoms with van der Waals surface area (Å²) in [4.78, 5) is 5.37. The summed E-state index contributed by atoms with van der Waals surface area (Å²) >= 11 is 1.50. The Labute approximate surface area is 122 Å². The molecule has 0 radical (unpaired) electrons. The Bertz CT molecular complexity index is 585. The Morgan fingerprint density at radius 2 is 1.70 bits per heavy atom. The number of benzene rings is 1. The van der Waals surface area contributed by atoms with E-state index in [9.17, 15) is 0 Å². The van der Waals surface area contributed by atoms with Crippen molar-refractivity contribution in [3.05, 3.63) is 28.3 Å². The third-order valence-electron chi connectivity index (χ3n) is 3.00. The van der Waals surface area contributed by atoms with Crippen LogP contribution in [0, 0.1) is 6.92 Å². The van der Waals surface area contributed by atoms with Crippen LogP contribution in [0.3, 0.4) is 0 Å². The molecule has 0 aliphatic carbocycles. The van der Waals surface area contributed by atoms with Gasteiger partial charge in [-0.25, -0.2) is 4.98 Å². The number of aryl methyl sites for hydroxylation is 1. The van der Waals surface area contributed by atoms with Gasteiger partial charge in [0.15, 0.2) is 16.6 Å². The Kier molecular flexibility index (Phi) is 4.34. The Balaban J connectivity index is 2.39. The summed E-state index contributed by atoms with van der Waals surface area (Å²) in [5, 5.41) is 0.588. The zero-order valence-electron chi connectivity index (χ0n) is 12.0. The molecule has 0 amide bonds. The van der Waals surface area contributed by atoms with Gasteiger partial charge in [0, 0.05) is 11.3 Å². The van der Waals surface area contributed by atoms with E-state index in [1.54, 1.807) is 21.3 Å². The van der Waals surface area contributed by atoms with Crippen LogP contribution in [0.4, 0.5) is 5.13 Å². The van der Waals surface area contributed by atoms with Crippen molar-refractivity contribution in [1.82, 2.24) is 4.98 Å². The number of nitrogen functional groups attached to an aromatic ring is 1. The SMILES string of the molecule is COc1cc(Cc2sc(N)nc2C)cc(OC)c1OC. The summed E-state index contributed by atoms with van der Waals surface area (Å²) in [6.45, 7) is 1.96. The molecule has 0 saturated heterocycles. The van der Waals surface area contributed by atoms with Crippen molar-refractivity contribution >= 4 is 16.5 Å². The first kappa shape index (κ1) is 14.5. The van der Waals surface area contributed by atoms with Crippen LogP contribution in [0.5, 0.6) is 17.2 Å². The quantitative estimate of drug-likeness (QED) is 0.918. The Hall–Kier alpha value is -1.95. The first-order valence-corrected chi connectivity index (χ1v) is 6.91. The number of aromatic nitrogens is 1. The minimum atomic E-state index is 0.588. The maximum Gasteiger partial charge on any atom is 0.203 e. The number of nitrogens with zero attached hydrogens (tertiary/aromatic N) is 1. The van der Waals surface area contributed by atoms with E-state index in [2.05, 4.69) is 4.98 Å². The fourth-order valence-electron chi connectivity index (χ4n) is 2.04. The largest absolute Gasteiger partial charge is 0.493 e. The number of anilines is 1. The molecule has 0 spiro atoms. The second kappa shape index (κ2) is 6.00. The van der Waals surface area contributed by atoms with E-state index in [4.69, 9.17) is 19.9 Å². The van der Waals surface area contributed by atoms with Crippen LogP contribution in [-0.4, -0.2) is 26.3 Å². The molecular weight excluding hydrogens is 276 g/mol. The van der Waals surface area contributed by atoms with Crippen molar-refractivity contribution < 1.29 is 14.2 Å². The molecule has 1 aromatic carbocycles. The predicted octanol–water partition coefficient (Wildman–Crippen LogP) is 2.65. The minimum absolute atomic E-state index is 0.588. The molecule has 0 fully saturated rings. The van der Waals surface area contributed by atoms with Crippen LogP contribution in [0.15, 0.2) is 12.1 Å². The molecule has 0 bridgehead atoms. The number of nitrogens with two attached hydrogens (primary N) is 1. The third-order valence-corrected chi connectivity index (χ3v) is 3.98. The molecule has 0 unspecified atom stereocenters. The lowest BCUT2D eigenvalue weighted by molar-refractivity contribution is 0.324. The predicted molar refractivity (Wildman–Crippen MR) is 80.2 cm³/mol. The average Bonchev–Trinajstić information content (AvgIpc) is 2.75. The maximum atomic E-state index is 5.73. The topological polar surface area (TPSA) is 66.6 Å². The molecule has 6 heteroatoms. The molecule has 0 aliphatic rings. The van der Waals surface area contributed by atoms with E-state index in [-0.39, 0.29) is 0 Å². The molecule has 0 aliphatic heterocycles. The van der Waals surface area contributed by atoms with Gasteiger partial charge in [-0.3, -0.25) is 0 Å². The zero-order chi connectivity index (χ0) is 14.7. The van der Waals surface area contributed by atoms with Crippen molar-refractivity contribution in [2.45, 2.75) is 13.3 Å². The lowest BCUT2D eigenvalue weighted by atomic mass is 10.1. The molecule has 2 aromatic rings. The van der Waals surface area contributed by atoms with Gasteiger partial charge >= 0.3 is 0 Å². The van der Waals surface area contributed by atoms with E-state index in [1.807, 2.05) is 19.1 Å². The van der Waals surface area contributed by atoms with Gasteiger partial charge in [-0.15, -0.1) is 11.3 Å². The van der Waals surface area contributed by atoms with Crippen LogP contribution in [-0.2, 0) is 6.42 Å². The van der Waals surface area contributed by atoms with Gasteiger partial charge in [0.05, 0.1) is 27.0 Å². The van der Waals surface area contributed by atoms with Crippen molar-refractivity contribution in [2.24, 2.45) is 0 Å². The molecular formula is C14H18N2O3S. The standard InChI is InChI=1S/C14H18N2O3S/c1-8-12(20-14(15)16-8)7-9-5-10(17-2)13(19-4)11(6-9)18-3/h5-6H,7H2,1-4H3,(H2,15,16). The normalized spacial score (nSPS) is 10.4. The van der Waals surface area contributed by atoms with Crippen LogP contribution in [0.25, 0.3) is 0 Å². The highest BCUT2D eigenvalue weighted by molar-refractivity contribution is 7.15. The zero-order valence-corrected chi connectivity index (χ0v) is 12.8. The van der Waals surface area contributed by atoms with Gasteiger partial charge in [0.2, 0.25) is 5.75 Å². The van der Waals surface area contributed by atoms with Crippen molar-refractivity contribution in [3.8, 4) is 17.2 Å². The van der Waals surface area contributed by atoms with E-state index in [0.29, 0.717) is 22.4 Å². The second-order valence-electron chi connectivity index (χ2n) is 4.27. The summed E-state index contributed by atoms with van der Waals surface area (Å²) in [7, 11) is 4.81. The summed E-state index contributed by atoms with van der Waals surface area (Å²) < 4.78 is 16.0. The van der Waals surface area contributed by atoms with Gasteiger partial charge in [-0.05, 0) is 24.6 Å². The summed E-state index contributed by atoms with van der Waals surface area (Å²) in [6.07, 6.45) is 0.734. The van der Waals surface area contributed by atoms with Gasteiger partial charge in [0.1, 0.15) is 0 Å². The smallest absolute Gasteiger partial charge is 0.203 e. The summed E-state index contributed by atoms with van der Waals surface area (Å²) in [6, 6.07) is 3.88. The maximum absolute atomic E-state index is 5.73. The lowest BCUT2D eigenvalue weighted by Gasteiger charge is -2.13. The van der Waals surface area contributed by atoms with Crippen molar-refractivity contribution in [3.63, 3.8) is 0 Å². The number of methoxy groups -OCH3 is 3. The fraction of sp³-hybridized carbons (Fsp3) is 0.357. The van der Waals surface area contributed by atoms with Gasteiger partial charge in [-0.2, -0.15) is 0 Å². The number of hydrogen-bond donors (Lipinski definition) is 1. The molecule has 0 atom stereocenters. The first-order chi connectivity index (χ1) is 9.58. The monoisotopic (exact) mass is 294 g/mol. The van der Waals surface area contributed by atoms with Gasteiger partial charge in [0.25, 0.3) is 0 Å².